The summed E-state index contributed by atoms with van der Waals surface area (Å²) in [6, 6.07) is 8.51. The molecule has 3 heteroatoms. The molecule has 0 spiro atoms. The van der Waals surface area contributed by atoms with Gasteiger partial charge in [0.15, 0.2) is 0 Å². The van der Waals surface area contributed by atoms with Crippen molar-refractivity contribution >= 4 is 5.69 Å². The summed E-state index contributed by atoms with van der Waals surface area (Å²) < 4.78 is 5.38. The van der Waals surface area contributed by atoms with Crippen LogP contribution in [-0.4, -0.2) is 26.7 Å². The van der Waals surface area contributed by atoms with Crippen LogP contribution in [0.1, 0.15) is 19.3 Å². The molecule has 1 saturated carbocycles. The second-order valence-electron chi connectivity index (χ2n) is 4.91. The summed E-state index contributed by atoms with van der Waals surface area (Å²) in [5.74, 6) is 1.55. The van der Waals surface area contributed by atoms with Gasteiger partial charge in [-0.3, -0.25) is 0 Å². The topological polar surface area (TPSA) is 38.5 Å². The Morgan fingerprint density at radius 3 is 2.76 bits per heavy atom. The van der Waals surface area contributed by atoms with Crippen LogP contribution in [0.4, 0.5) is 5.69 Å². The van der Waals surface area contributed by atoms with E-state index in [4.69, 9.17) is 10.5 Å². The monoisotopic (exact) mass is 234 g/mol. The molecule has 2 atom stereocenters. The van der Waals surface area contributed by atoms with Gasteiger partial charge in [0.05, 0.1) is 12.8 Å². The summed E-state index contributed by atoms with van der Waals surface area (Å²) in [7, 11) is 3.83. The van der Waals surface area contributed by atoms with Gasteiger partial charge in [0, 0.05) is 19.6 Å². The summed E-state index contributed by atoms with van der Waals surface area (Å²) in [4.78, 5) is 2.26. The highest BCUT2D eigenvalue weighted by Gasteiger charge is 2.25. The van der Waals surface area contributed by atoms with Crippen LogP contribution in [0.15, 0.2) is 24.3 Å². The lowest BCUT2D eigenvalue weighted by Gasteiger charge is -2.26. The van der Waals surface area contributed by atoms with E-state index in [9.17, 15) is 0 Å². The van der Waals surface area contributed by atoms with Crippen molar-refractivity contribution in [1.29, 1.82) is 0 Å². The van der Waals surface area contributed by atoms with E-state index in [1.54, 1.807) is 7.11 Å². The van der Waals surface area contributed by atoms with Crippen molar-refractivity contribution < 1.29 is 4.74 Å². The molecule has 0 heterocycles. The first-order valence-corrected chi connectivity index (χ1v) is 6.32. The Bertz CT molecular complexity index is 367. The van der Waals surface area contributed by atoms with Crippen LogP contribution < -0.4 is 15.4 Å². The van der Waals surface area contributed by atoms with Gasteiger partial charge in [0.1, 0.15) is 5.75 Å². The van der Waals surface area contributed by atoms with E-state index in [1.807, 2.05) is 18.2 Å². The molecule has 3 nitrogen and oxygen atoms in total. The molecule has 2 unspecified atom stereocenters. The van der Waals surface area contributed by atoms with Crippen LogP contribution in [0, 0.1) is 5.92 Å². The fourth-order valence-corrected chi connectivity index (χ4v) is 2.69. The van der Waals surface area contributed by atoms with Gasteiger partial charge in [-0.2, -0.15) is 0 Å². The van der Waals surface area contributed by atoms with Gasteiger partial charge >= 0.3 is 0 Å². The largest absolute Gasteiger partial charge is 0.495 e. The first-order valence-electron chi connectivity index (χ1n) is 6.32. The summed E-state index contributed by atoms with van der Waals surface area (Å²) >= 11 is 0. The number of benzene rings is 1. The number of methoxy groups -OCH3 is 1. The van der Waals surface area contributed by atoms with Gasteiger partial charge in [-0.05, 0) is 30.9 Å². The summed E-state index contributed by atoms with van der Waals surface area (Å²) in [5, 5.41) is 0. The predicted molar refractivity (Wildman–Crippen MR) is 71.6 cm³/mol. The molecule has 0 saturated heterocycles. The average molecular weight is 234 g/mol. The highest BCUT2D eigenvalue weighted by Crippen LogP contribution is 2.30. The molecule has 0 amide bonds. The first kappa shape index (κ1) is 12.2. The molecule has 17 heavy (non-hydrogen) atoms. The third-order valence-corrected chi connectivity index (χ3v) is 3.72. The Labute approximate surface area is 104 Å². The number of ether oxygens (including phenoxy) is 1. The minimum absolute atomic E-state index is 0.368. The second-order valence-corrected chi connectivity index (χ2v) is 4.91. The Balaban J connectivity index is 2.06. The number of hydrogen-bond donors (Lipinski definition) is 1. The Kier molecular flexibility index (Phi) is 3.89. The molecule has 2 N–H and O–H groups in total. The van der Waals surface area contributed by atoms with Gasteiger partial charge < -0.3 is 15.4 Å². The molecule has 0 bridgehead atoms. The lowest BCUT2D eigenvalue weighted by atomic mass is 10.0. The number of anilines is 1. The minimum atomic E-state index is 0.368. The normalized spacial score (nSPS) is 23.7. The number of rotatable bonds is 4. The third kappa shape index (κ3) is 2.72. The molecular weight excluding hydrogens is 212 g/mol. The van der Waals surface area contributed by atoms with E-state index in [0.717, 1.165) is 18.0 Å². The molecule has 0 radical (unpaired) electrons. The Morgan fingerprint density at radius 1 is 1.35 bits per heavy atom. The smallest absolute Gasteiger partial charge is 0.142 e. The SMILES string of the molecule is COc1ccccc1N(C)CC1CCCC1N. The maximum Gasteiger partial charge on any atom is 0.142 e. The second kappa shape index (κ2) is 5.41. The van der Waals surface area contributed by atoms with Crippen molar-refractivity contribution in [2.75, 3.05) is 25.6 Å². The Morgan fingerprint density at radius 2 is 2.12 bits per heavy atom. The van der Waals surface area contributed by atoms with Crippen molar-refractivity contribution in [3.8, 4) is 5.75 Å². The molecule has 1 fully saturated rings. The standard InChI is InChI=1S/C14H22N2O/c1-16(10-11-6-5-7-12(11)15)13-8-3-4-9-14(13)17-2/h3-4,8-9,11-12H,5-7,10,15H2,1-2H3. The number of nitrogens with zero attached hydrogens (tertiary/aromatic N) is 1. The minimum Gasteiger partial charge on any atom is -0.495 e. The van der Waals surface area contributed by atoms with Crippen LogP contribution in [-0.2, 0) is 0 Å². The number of para-hydroxylation sites is 2. The zero-order valence-electron chi connectivity index (χ0n) is 10.7. The van der Waals surface area contributed by atoms with Crippen LogP contribution in [0.3, 0.4) is 0 Å². The Hall–Kier alpha value is -1.22. The molecule has 1 aromatic rings. The van der Waals surface area contributed by atoms with Gasteiger partial charge in [-0.1, -0.05) is 18.6 Å². The molecule has 1 aliphatic rings. The van der Waals surface area contributed by atoms with Gasteiger partial charge in [-0.25, -0.2) is 0 Å². The van der Waals surface area contributed by atoms with Crippen LogP contribution in [0.2, 0.25) is 0 Å². The highest BCUT2D eigenvalue weighted by molar-refractivity contribution is 5.57. The third-order valence-electron chi connectivity index (χ3n) is 3.72. The molecule has 2 rings (SSSR count). The molecule has 94 valence electrons. The maximum absolute atomic E-state index is 6.12. The molecule has 0 aliphatic heterocycles. The highest BCUT2D eigenvalue weighted by atomic mass is 16.5. The van der Waals surface area contributed by atoms with Crippen molar-refractivity contribution in [1.82, 2.24) is 0 Å². The maximum atomic E-state index is 6.12. The molecular formula is C14H22N2O. The van der Waals surface area contributed by atoms with Gasteiger partial charge in [0.25, 0.3) is 0 Å². The average Bonchev–Trinajstić information content (AvgIpc) is 2.75. The fourth-order valence-electron chi connectivity index (χ4n) is 2.69. The van der Waals surface area contributed by atoms with Crippen molar-refractivity contribution in [3.63, 3.8) is 0 Å². The zero-order valence-corrected chi connectivity index (χ0v) is 10.7. The lowest BCUT2D eigenvalue weighted by Crippen LogP contribution is -2.34. The number of hydrogen-bond acceptors (Lipinski definition) is 3. The van der Waals surface area contributed by atoms with E-state index in [2.05, 4.69) is 18.0 Å². The van der Waals surface area contributed by atoms with Gasteiger partial charge in [-0.15, -0.1) is 0 Å². The summed E-state index contributed by atoms with van der Waals surface area (Å²) in [5.41, 5.74) is 7.27. The van der Waals surface area contributed by atoms with E-state index < -0.39 is 0 Å². The summed E-state index contributed by atoms with van der Waals surface area (Å²) in [6.07, 6.45) is 3.69. The van der Waals surface area contributed by atoms with E-state index in [0.29, 0.717) is 12.0 Å². The molecule has 1 aromatic carbocycles. The van der Waals surface area contributed by atoms with E-state index in [1.165, 1.54) is 19.3 Å². The van der Waals surface area contributed by atoms with Crippen LogP contribution in [0.25, 0.3) is 0 Å². The molecule has 1 aliphatic carbocycles. The summed E-state index contributed by atoms with van der Waals surface area (Å²) in [6.45, 7) is 1.02. The van der Waals surface area contributed by atoms with E-state index in [-0.39, 0.29) is 0 Å². The van der Waals surface area contributed by atoms with Crippen molar-refractivity contribution in [2.45, 2.75) is 25.3 Å². The molecule has 0 aromatic heterocycles. The van der Waals surface area contributed by atoms with Crippen molar-refractivity contribution in [2.24, 2.45) is 11.7 Å². The first-order chi connectivity index (χ1) is 8.22. The zero-order chi connectivity index (χ0) is 12.3. The number of nitrogens with two attached hydrogens (primary N) is 1. The van der Waals surface area contributed by atoms with Gasteiger partial charge in [0.2, 0.25) is 0 Å². The van der Waals surface area contributed by atoms with Crippen LogP contribution >= 0.6 is 0 Å². The van der Waals surface area contributed by atoms with Crippen molar-refractivity contribution in [3.05, 3.63) is 24.3 Å². The fraction of sp³-hybridized carbons (Fsp3) is 0.571. The lowest BCUT2D eigenvalue weighted by molar-refractivity contribution is 0.412. The quantitative estimate of drug-likeness (QED) is 0.868. The van der Waals surface area contributed by atoms with E-state index >= 15 is 0 Å². The van der Waals surface area contributed by atoms with Crippen LogP contribution in [0.5, 0.6) is 5.75 Å². The predicted octanol–water partition coefficient (Wildman–Crippen LogP) is 2.26.